The number of allylic oxidation sites excluding steroid dienone is 2. The van der Waals surface area contributed by atoms with E-state index < -0.39 is 0 Å². The molecule has 0 aromatic carbocycles. The summed E-state index contributed by atoms with van der Waals surface area (Å²) in [6.07, 6.45) is 17.0. The summed E-state index contributed by atoms with van der Waals surface area (Å²) in [5.74, 6) is 3.77. The molecule has 0 heteroatoms. The molecule has 0 aromatic rings. The lowest BCUT2D eigenvalue weighted by atomic mass is 9.70. The predicted octanol–water partition coefficient (Wildman–Crippen LogP) is 7.39. The first-order valence-corrected chi connectivity index (χ1v) is 10.1. The van der Waals surface area contributed by atoms with E-state index in [4.69, 9.17) is 0 Å². The zero-order chi connectivity index (χ0) is 16.2. The van der Waals surface area contributed by atoms with E-state index in [1.165, 1.54) is 64.2 Å². The van der Waals surface area contributed by atoms with Gasteiger partial charge in [0.15, 0.2) is 0 Å². The first-order valence-electron chi connectivity index (χ1n) is 10.1. The number of rotatable bonds is 4. The second-order valence-corrected chi connectivity index (χ2v) is 8.96. The van der Waals surface area contributed by atoms with Crippen LogP contribution in [0.25, 0.3) is 0 Å². The topological polar surface area (TPSA) is 0 Å². The van der Waals surface area contributed by atoms with Gasteiger partial charge >= 0.3 is 0 Å². The molecule has 2 aliphatic rings. The van der Waals surface area contributed by atoms with E-state index in [1.54, 1.807) is 5.57 Å². The molecule has 0 saturated heterocycles. The van der Waals surface area contributed by atoms with Gasteiger partial charge in [0.25, 0.3) is 0 Å². The van der Waals surface area contributed by atoms with Gasteiger partial charge in [0.1, 0.15) is 0 Å². The third-order valence-corrected chi connectivity index (χ3v) is 7.26. The van der Waals surface area contributed by atoms with Crippen molar-refractivity contribution in [3.05, 3.63) is 11.6 Å². The molecular weight excluding hydrogens is 264 g/mol. The van der Waals surface area contributed by atoms with Gasteiger partial charge in [-0.15, -0.1) is 0 Å². The lowest BCUT2D eigenvalue weighted by Gasteiger charge is -2.36. The summed E-state index contributed by atoms with van der Waals surface area (Å²) in [7, 11) is 0. The maximum Gasteiger partial charge on any atom is -0.0226 e. The monoisotopic (exact) mass is 304 g/mol. The second-order valence-electron chi connectivity index (χ2n) is 8.96. The molecule has 1 saturated carbocycles. The van der Waals surface area contributed by atoms with Crippen LogP contribution in [0.4, 0.5) is 0 Å². The molecule has 0 radical (unpaired) electrons. The first-order chi connectivity index (χ1) is 10.5. The molecule has 4 atom stereocenters. The third kappa shape index (κ3) is 4.62. The van der Waals surface area contributed by atoms with Crippen LogP contribution in [0.5, 0.6) is 0 Å². The minimum Gasteiger partial charge on any atom is -0.0825 e. The van der Waals surface area contributed by atoms with Crippen LogP contribution in [0.3, 0.4) is 0 Å². The molecule has 2 rings (SSSR count). The second kappa shape index (κ2) is 8.02. The molecule has 0 aromatic heterocycles. The van der Waals surface area contributed by atoms with Crippen LogP contribution in [0.15, 0.2) is 11.6 Å². The Morgan fingerprint density at radius 3 is 2.41 bits per heavy atom. The van der Waals surface area contributed by atoms with E-state index in [0.29, 0.717) is 5.41 Å². The molecule has 4 unspecified atom stereocenters. The Bertz CT molecular complexity index is 360. The van der Waals surface area contributed by atoms with E-state index in [9.17, 15) is 0 Å². The van der Waals surface area contributed by atoms with Gasteiger partial charge in [0, 0.05) is 0 Å². The van der Waals surface area contributed by atoms with E-state index in [2.05, 4.69) is 40.7 Å². The molecule has 128 valence electrons. The lowest BCUT2D eigenvalue weighted by molar-refractivity contribution is 0.157. The average Bonchev–Trinajstić information content (AvgIpc) is 2.57. The van der Waals surface area contributed by atoms with Gasteiger partial charge < -0.3 is 0 Å². The fourth-order valence-corrected chi connectivity index (χ4v) is 5.23. The van der Waals surface area contributed by atoms with E-state index >= 15 is 0 Å². The van der Waals surface area contributed by atoms with Crippen molar-refractivity contribution in [1.29, 1.82) is 0 Å². The van der Waals surface area contributed by atoms with Crippen LogP contribution in [-0.2, 0) is 0 Å². The summed E-state index contributed by atoms with van der Waals surface area (Å²) in [5.41, 5.74) is 2.25. The minimum atomic E-state index is 0.547. The van der Waals surface area contributed by atoms with Crippen LogP contribution < -0.4 is 0 Å². The van der Waals surface area contributed by atoms with Crippen molar-refractivity contribution < 1.29 is 0 Å². The SMILES string of the molecule is CCC(C)(CC)CC1/C=C(/C)CC2CCCCC2C(C)CC1. The maximum absolute atomic E-state index is 2.69. The van der Waals surface area contributed by atoms with Crippen molar-refractivity contribution in [2.24, 2.45) is 29.1 Å². The Balaban J connectivity index is 2.10. The minimum absolute atomic E-state index is 0.547. The van der Waals surface area contributed by atoms with Crippen molar-refractivity contribution in [2.75, 3.05) is 0 Å². The standard InChI is InChI=1S/C22H40/c1-6-22(5,7-2)16-19-13-12-18(4)21-11-9-8-10-20(21)15-17(3)14-19/h14,18-21H,6-13,15-16H2,1-5H3/b17-14-. The Morgan fingerprint density at radius 2 is 1.73 bits per heavy atom. The molecule has 0 aliphatic heterocycles. The van der Waals surface area contributed by atoms with Crippen LogP contribution in [0.2, 0.25) is 0 Å². The van der Waals surface area contributed by atoms with Crippen LogP contribution in [-0.4, -0.2) is 0 Å². The first kappa shape index (κ1) is 18.1. The van der Waals surface area contributed by atoms with Gasteiger partial charge in [-0.25, -0.2) is 0 Å². The van der Waals surface area contributed by atoms with Crippen molar-refractivity contribution in [3.63, 3.8) is 0 Å². The van der Waals surface area contributed by atoms with E-state index in [1.807, 2.05) is 0 Å². The van der Waals surface area contributed by atoms with Gasteiger partial charge in [-0.05, 0) is 74.5 Å². The average molecular weight is 305 g/mol. The molecule has 22 heavy (non-hydrogen) atoms. The van der Waals surface area contributed by atoms with Crippen molar-refractivity contribution in [1.82, 2.24) is 0 Å². The molecular formula is C22H40. The van der Waals surface area contributed by atoms with Gasteiger partial charge in [-0.1, -0.05) is 65.0 Å². The quantitative estimate of drug-likeness (QED) is 0.475. The largest absolute Gasteiger partial charge is 0.0825 e. The smallest absolute Gasteiger partial charge is 0.0226 e. The van der Waals surface area contributed by atoms with Crippen molar-refractivity contribution in [3.8, 4) is 0 Å². The fourth-order valence-electron chi connectivity index (χ4n) is 5.23. The fraction of sp³-hybridized carbons (Fsp3) is 0.909. The molecule has 0 nitrogen and oxygen atoms in total. The third-order valence-electron chi connectivity index (χ3n) is 7.26. The highest BCUT2D eigenvalue weighted by Crippen LogP contribution is 2.43. The van der Waals surface area contributed by atoms with Crippen LogP contribution >= 0.6 is 0 Å². The van der Waals surface area contributed by atoms with Crippen LogP contribution in [0, 0.1) is 29.1 Å². The van der Waals surface area contributed by atoms with Gasteiger partial charge in [-0.2, -0.15) is 0 Å². The zero-order valence-electron chi connectivity index (χ0n) is 16.0. The zero-order valence-corrected chi connectivity index (χ0v) is 16.0. The maximum atomic E-state index is 2.69. The Morgan fingerprint density at radius 1 is 1.05 bits per heavy atom. The molecule has 0 heterocycles. The highest BCUT2D eigenvalue weighted by molar-refractivity contribution is 5.05. The highest BCUT2D eigenvalue weighted by atomic mass is 14.4. The molecule has 2 aliphatic carbocycles. The lowest BCUT2D eigenvalue weighted by Crippen LogP contribution is -2.25. The Kier molecular flexibility index (Phi) is 6.59. The van der Waals surface area contributed by atoms with E-state index in [0.717, 1.165) is 23.7 Å². The molecule has 0 amide bonds. The Hall–Kier alpha value is -0.260. The number of hydrogen-bond donors (Lipinski definition) is 0. The summed E-state index contributed by atoms with van der Waals surface area (Å²) in [4.78, 5) is 0. The summed E-state index contributed by atoms with van der Waals surface area (Å²) in [5, 5.41) is 0. The summed E-state index contributed by atoms with van der Waals surface area (Å²) in [6.45, 7) is 12.2. The molecule has 0 spiro atoms. The predicted molar refractivity (Wildman–Crippen MR) is 99.0 cm³/mol. The highest BCUT2D eigenvalue weighted by Gasteiger charge is 2.32. The number of fused-ring (bicyclic) bond motifs is 1. The summed E-state index contributed by atoms with van der Waals surface area (Å²) >= 11 is 0. The van der Waals surface area contributed by atoms with E-state index in [-0.39, 0.29) is 0 Å². The van der Waals surface area contributed by atoms with Gasteiger partial charge in [-0.3, -0.25) is 0 Å². The van der Waals surface area contributed by atoms with Gasteiger partial charge in [0.2, 0.25) is 0 Å². The summed E-state index contributed by atoms with van der Waals surface area (Å²) < 4.78 is 0. The Labute approximate surface area is 140 Å². The van der Waals surface area contributed by atoms with Crippen molar-refractivity contribution >= 4 is 0 Å². The molecule has 0 bridgehead atoms. The van der Waals surface area contributed by atoms with Crippen molar-refractivity contribution in [2.45, 2.75) is 98.8 Å². The molecule has 0 N–H and O–H groups in total. The van der Waals surface area contributed by atoms with Gasteiger partial charge in [0.05, 0.1) is 0 Å². The molecule has 1 fully saturated rings. The normalized spacial score (nSPS) is 36.5. The van der Waals surface area contributed by atoms with Crippen LogP contribution in [0.1, 0.15) is 98.8 Å². The number of hydrogen-bond acceptors (Lipinski definition) is 0. The summed E-state index contributed by atoms with van der Waals surface area (Å²) in [6, 6.07) is 0.